The Morgan fingerprint density at radius 3 is 2.47 bits per heavy atom. The van der Waals surface area contributed by atoms with E-state index in [0.29, 0.717) is 6.04 Å². The van der Waals surface area contributed by atoms with Crippen LogP contribution in [0.25, 0.3) is 21.9 Å². The maximum atomic E-state index is 6.66. The van der Waals surface area contributed by atoms with Gasteiger partial charge in [0.05, 0.1) is 19.5 Å². The lowest BCUT2D eigenvalue weighted by atomic mass is 9.93. The first-order chi connectivity index (χ1) is 16.8. The molecule has 0 radical (unpaired) electrons. The van der Waals surface area contributed by atoms with Crippen LogP contribution in [0, 0.1) is 0 Å². The second-order valence-electron chi connectivity index (χ2n) is 9.25. The second kappa shape index (κ2) is 9.47. The van der Waals surface area contributed by atoms with E-state index in [9.17, 15) is 0 Å². The Kier molecular flexibility index (Phi) is 5.90. The van der Waals surface area contributed by atoms with E-state index < -0.39 is 0 Å². The molecule has 1 aliphatic carbocycles. The van der Waals surface area contributed by atoms with E-state index in [1.807, 2.05) is 12.5 Å². The zero-order chi connectivity index (χ0) is 22.7. The maximum absolute atomic E-state index is 6.66. The van der Waals surface area contributed by atoms with E-state index in [0.717, 1.165) is 69.1 Å². The lowest BCUT2D eigenvalue weighted by Gasteiger charge is -2.31. The normalized spacial score (nSPS) is 21.0. The Labute approximate surface area is 200 Å². The van der Waals surface area contributed by atoms with Crippen LogP contribution in [0.15, 0.2) is 73.3 Å². The molecule has 2 fully saturated rings. The smallest absolute Gasteiger partial charge is 0.223 e. The molecule has 0 unspecified atom stereocenters. The van der Waals surface area contributed by atoms with Crippen molar-refractivity contribution < 1.29 is 9.47 Å². The van der Waals surface area contributed by atoms with Gasteiger partial charge in [0, 0.05) is 36.9 Å². The molecule has 0 atom stereocenters. The number of aromatic nitrogens is 3. The topological polar surface area (TPSA) is 52.4 Å². The maximum Gasteiger partial charge on any atom is 0.223 e. The molecule has 6 nitrogen and oxygen atoms in total. The van der Waals surface area contributed by atoms with Gasteiger partial charge in [0.15, 0.2) is 0 Å². The van der Waals surface area contributed by atoms with Gasteiger partial charge in [-0.05, 0) is 54.3 Å². The number of rotatable bonds is 5. The fraction of sp³-hybridized carbons (Fsp3) is 0.357. The molecule has 1 saturated carbocycles. The number of morpholine rings is 1. The van der Waals surface area contributed by atoms with Crippen LogP contribution < -0.4 is 9.64 Å². The minimum absolute atomic E-state index is 0.177. The number of hydrogen-bond donors (Lipinski definition) is 0. The molecule has 1 aliphatic heterocycles. The number of pyridine rings is 1. The van der Waals surface area contributed by atoms with E-state index in [-0.39, 0.29) is 6.10 Å². The predicted molar refractivity (Wildman–Crippen MR) is 134 cm³/mol. The predicted octanol–water partition coefficient (Wildman–Crippen LogP) is 5.50. The SMILES string of the molecule is c1ccc(-c2ccc3cc(N4CCOCC4)nc(O[C@H]4CC[C@@H](n5ccnc5)CC4)c3c2)cc1. The van der Waals surface area contributed by atoms with Crippen LogP contribution in [0.2, 0.25) is 0 Å². The van der Waals surface area contributed by atoms with Gasteiger partial charge in [-0.25, -0.2) is 4.98 Å². The van der Waals surface area contributed by atoms with Gasteiger partial charge in [-0.15, -0.1) is 0 Å². The van der Waals surface area contributed by atoms with Crippen LogP contribution in [-0.2, 0) is 4.74 Å². The molecule has 2 aromatic carbocycles. The number of hydrogen-bond acceptors (Lipinski definition) is 5. The van der Waals surface area contributed by atoms with Crippen LogP contribution in [0.1, 0.15) is 31.7 Å². The molecule has 0 amide bonds. The summed E-state index contributed by atoms with van der Waals surface area (Å²) < 4.78 is 14.5. The summed E-state index contributed by atoms with van der Waals surface area (Å²) in [5, 5.41) is 2.24. The Morgan fingerprint density at radius 2 is 1.71 bits per heavy atom. The fourth-order valence-corrected chi connectivity index (χ4v) is 5.16. The van der Waals surface area contributed by atoms with Crippen molar-refractivity contribution in [2.24, 2.45) is 0 Å². The van der Waals surface area contributed by atoms with Gasteiger partial charge in [-0.3, -0.25) is 0 Å². The molecule has 2 aromatic heterocycles. The summed E-state index contributed by atoms with van der Waals surface area (Å²) in [6, 6.07) is 19.8. The molecule has 174 valence electrons. The van der Waals surface area contributed by atoms with Crippen LogP contribution in [-0.4, -0.2) is 46.9 Å². The van der Waals surface area contributed by atoms with Crippen molar-refractivity contribution >= 4 is 16.6 Å². The summed E-state index contributed by atoms with van der Waals surface area (Å²) in [6.07, 6.45) is 10.3. The molecule has 2 aliphatic rings. The first-order valence-electron chi connectivity index (χ1n) is 12.3. The van der Waals surface area contributed by atoms with Crippen molar-refractivity contribution in [2.75, 3.05) is 31.2 Å². The largest absolute Gasteiger partial charge is 0.474 e. The highest BCUT2D eigenvalue weighted by molar-refractivity contribution is 5.92. The highest BCUT2D eigenvalue weighted by Gasteiger charge is 2.25. The quantitative estimate of drug-likeness (QED) is 0.399. The third-order valence-electron chi connectivity index (χ3n) is 7.10. The molecular formula is C28H30N4O2. The summed E-state index contributed by atoms with van der Waals surface area (Å²) in [5.41, 5.74) is 2.39. The minimum Gasteiger partial charge on any atom is -0.474 e. The monoisotopic (exact) mass is 454 g/mol. The van der Waals surface area contributed by atoms with Crippen molar-refractivity contribution in [3.8, 4) is 17.0 Å². The zero-order valence-electron chi connectivity index (χ0n) is 19.3. The molecule has 1 saturated heterocycles. The Balaban J connectivity index is 1.31. The summed E-state index contributed by atoms with van der Waals surface area (Å²) in [5.74, 6) is 1.73. The van der Waals surface area contributed by atoms with E-state index >= 15 is 0 Å². The third kappa shape index (κ3) is 4.38. The highest BCUT2D eigenvalue weighted by atomic mass is 16.5. The number of ether oxygens (including phenoxy) is 2. The first-order valence-corrected chi connectivity index (χ1v) is 12.3. The Hall–Kier alpha value is -3.38. The zero-order valence-corrected chi connectivity index (χ0v) is 19.3. The number of imidazole rings is 1. The Bertz CT molecular complexity index is 1230. The van der Waals surface area contributed by atoms with E-state index in [1.165, 1.54) is 16.5 Å². The van der Waals surface area contributed by atoms with Gasteiger partial charge >= 0.3 is 0 Å². The average Bonchev–Trinajstić information content (AvgIpc) is 3.45. The number of anilines is 1. The summed E-state index contributed by atoms with van der Waals surface area (Å²) in [4.78, 5) is 11.6. The molecule has 3 heterocycles. The van der Waals surface area contributed by atoms with E-state index in [2.05, 4.69) is 75.2 Å². The summed E-state index contributed by atoms with van der Waals surface area (Å²) >= 11 is 0. The van der Waals surface area contributed by atoms with Crippen molar-refractivity contribution in [3.63, 3.8) is 0 Å². The molecule has 6 heteroatoms. The van der Waals surface area contributed by atoms with Crippen molar-refractivity contribution in [3.05, 3.63) is 73.3 Å². The molecule has 0 N–H and O–H groups in total. The molecule has 0 spiro atoms. The van der Waals surface area contributed by atoms with E-state index in [1.54, 1.807) is 0 Å². The van der Waals surface area contributed by atoms with Crippen molar-refractivity contribution in [1.29, 1.82) is 0 Å². The molecule has 34 heavy (non-hydrogen) atoms. The standard InChI is InChI=1S/C28H30N4O2/c1-2-4-21(5-3-1)22-6-7-23-19-27(31-14-16-33-17-15-31)30-28(26(23)18-22)34-25-10-8-24(9-11-25)32-13-12-29-20-32/h1-7,12-13,18-20,24-25H,8-11,14-17H2/t24-,25+. The summed E-state index contributed by atoms with van der Waals surface area (Å²) in [7, 11) is 0. The fourth-order valence-electron chi connectivity index (χ4n) is 5.16. The van der Waals surface area contributed by atoms with Gasteiger partial charge in [0.2, 0.25) is 5.88 Å². The Morgan fingerprint density at radius 1 is 0.882 bits per heavy atom. The van der Waals surface area contributed by atoms with Gasteiger partial charge in [0.25, 0.3) is 0 Å². The lowest BCUT2D eigenvalue weighted by molar-refractivity contribution is 0.121. The van der Waals surface area contributed by atoms with Gasteiger partial charge in [-0.1, -0.05) is 42.5 Å². The van der Waals surface area contributed by atoms with Crippen LogP contribution in [0.5, 0.6) is 5.88 Å². The number of fused-ring (bicyclic) bond motifs is 1. The number of nitrogens with zero attached hydrogens (tertiary/aromatic N) is 4. The molecule has 4 aromatic rings. The van der Waals surface area contributed by atoms with Crippen molar-refractivity contribution in [1.82, 2.24) is 14.5 Å². The number of benzene rings is 2. The van der Waals surface area contributed by atoms with Gasteiger partial charge < -0.3 is 18.9 Å². The van der Waals surface area contributed by atoms with Gasteiger partial charge in [-0.2, -0.15) is 4.98 Å². The average molecular weight is 455 g/mol. The molecule has 6 rings (SSSR count). The minimum atomic E-state index is 0.177. The van der Waals surface area contributed by atoms with Crippen LogP contribution >= 0.6 is 0 Å². The summed E-state index contributed by atoms with van der Waals surface area (Å²) in [6.45, 7) is 3.19. The lowest BCUT2D eigenvalue weighted by Crippen LogP contribution is -2.36. The van der Waals surface area contributed by atoms with Gasteiger partial charge in [0.1, 0.15) is 11.9 Å². The first kappa shape index (κ1) is 21.2. The van der Waals surface area contributed by atoms with Crippen LogP contribution in [0.3, 0.4) is 0 Å². The molecule has 0 bridgehead atoms. The van der Waals surface area contributed by atoms with Crippen LogP contribution in [0.4, 0.5) is 5.82 Å². The van der Waals surface area contributed by atoms with E-state index in [4.69, 9.17) is 14.5 Å². The van der Waals surface area contributed by atoms with Crippen molar-refractivity contribution in [2.45, 2.75) is 37.8 Å². The second-order valence-corrected chi connectivity index (χ2v) is 9.25. The highest BCUT2D eigenvalue weighted by Crippen LogP contribution is 2.36. The third-order valence-corrected chi connectivity index (χ3v) is 7.10. The molecular weight excluding hydrogens is 424 g/mol.